The van der Waals surface area contributed by atoms with Gasteiger partial charge in [0.15, 0.2) is 0 Å². The molecular weight excluding hydrogens is 287 g/mol. The molecule has 0 radical (unpaired) electrons. The number of hydrogen-bond acceptors (Lipinski definition) is 5. The minimum absolute atomic E-state index is 0.139. The molecule has 0 aliphatic carbocycles. The Morgan fingerprint density at radius 3 is 2.59 bits per heavy atom. The predicted octanol–water partition coefficient (Wildman–Crippen LogP) is 1.70. The summed E-state index contributed by atoms with van der Waals surface area (Å²) in [5.41, 5.74) is 1.13. The molecule has 0 bridgehead atoms. The largest absolute Gasteiger partial charge is 0.378 e. The molecule has 2 aromatic rings. The van der Waals surface area contributed by atoms with Gasteiger partial charge in [0.25, 0.3) is 5.91 Å². The molecule has 0 atom stereocenters. The molecule has 114 valence electrons. The van der Waals surface area contributed by atoms with Gasteiger partial charge in [0, 0.05) is 13.1 Å². The van der Waals surface area contributed by atoms with Gasteiger partial charge in [0.05, 0.1) is 31.3 Å². The Morgan fingerprint density at radius 2 is 1.95 bits per heavy atom. The zero-order valence-corrected chi connectivity index (χ0v) is 11.8. The molecule has 7 heteroatoms. The van der Waals surface area contributed by atoms with Crippen LogP contribution in [-0.2, 0) is 4.74 Å². The second-order valence-electron chi connectivity index (χ2n) is 4.82. The van der Waals surface area contributed by atoms with Crippen LogP contribution < -0.4 is 10.2 Å². The second-order valence-corrected chi connectivity index (χ2v) is 4.82. The Kier molecular flexibility index (Phi) is 4.24. The third-order valence-electron chi connectivity index (χ3n) is 3.33. The number of hydrogen-bond donors (Lipinski definition) is 1. The molecule has 22 heavy (non-hydrogen) atoms. The first-order valence-electron chi connectivity index (χ1n) is 6.94. The van der Waals surface area contributed by atoms with Crippen LogP contribution in [0.2, 0.25) is 0 Å². The van der Waals surface area contributed by atoms with E-state index in [4.69, 9.17) is 4.74 Å². The van der Waals surface area contributed by atoms with Crippen molar-refractivity contribution in [1.82, 2.24) is 9.97 Å². The van der Waals surface area contributed by atoms with E-state index in [-0.39, 0.29) is 5.69 Å². The molecule has 2 aromatic heterocycles. The summed E-state index contributed by atoms with van der Waals surface area (Å²) in [5.74, 6) is -0.482. The number of pyridine rings is 2. The normalized spacial score (nSPS) is 14.7. The first-order valence-corrected chi connectivity index (χ1v) is 6.94. The molecule has 6 nitrogen and oxygen atoms in total. The lowest BCUT2D eigenvalue weighted by Crippen LogP contribution is -2.36. The Balaban J connectivity index is 1.65. The summed E-state index contributed by atoms with van der Waals surface area (Å²) in [6, 6.07) is 6.14. The maximum Gasteiger partial charge on any atom is 0.275 e. The van der Waals surface area contributed by atoms with E-state index in [0.717, 1.165) is 25.0 Å². The van der Waals surface area contributed by atoms with Crippen LogP contribution in [0.15, 0.2) is 36.7 Å². The summed E-state index contributed by atoms with van der Waals surface area (Å²) in [4.78, 5) is 22.1. The van der Waals surface area contributed by atoms with Crippen molar-refractivity contribution in [3.05, 3.63) is 48.2 Å². The van der Waals surface area contributed by atoms with Crippen LogP contribution in [0.1, 0.15) is 10.5 Å². The number of amides is 1. The third kappa shape index (κ3) is 3.37. The fourth-order valence-electron chi connectivity index (χ4n) is 2.16. The van der Waals surface area contributed by atoms with Gasteiger partial charge in [-0.1, -0.05) is 0 Å². The first-order chi connectivity index (χ1) is 10.7. The average Bonchev–Trinajstić information content (AvgIpc) is 2.57. The van der Waals surface area contributed by atoms with Crippen LogP contribution in [0.3, 0.4) is 0 Å². The summed E-state index contributed by atoms with van der Waals surface area (Å²) in [6.45, 7) is 3.06. The number of nitrogens with zero attached hydrogens (tertiary/aromatic N) is 3. The van der Waals surface area contributed by atoms with Crippen molar-refractivity contribution in [3.63, 3.8) is 0 Å². The van der Waals surface area contributed by atoms with Crippen molar-refractivity contribution in [1.29, 1.82) is 0 Å². The molecule has 3 rings (SSSR count). The number of nitrogens with one attached hydrogen (secondary N) is 1. The lowest BCUT2D eigenvalue weighted by atomic mass is 10.3. The lowest BCUT2D eigenvalue weighted by Gasteiger charge is -2.28. The van der Waals surface area contributed by atoms with Crippen molar-refractivity contribution in [2.45, 2.75) is 0 Å². The highest BCUT2D eigenvalue weighted by Gasteiger charge is 2.12. The van der Waals surface area contributed by atoms with Crippen LogP contribution in [0.5, 0.6) is 0 Å². The molecule has 0 unspecified atom stereocenters. The molecule has 1 N–H and O–H groups in total. The van der Waals surface area contributed by atoms with Crippen LogP contribution in [0, 0.1) is 5.82 Å². The van der Waals surface area contributed by atoms with E-state index in [1.807, 2.05) is 6.07 Å². The molecule has 0 saturated carbocycles. The molecule has 1 amide bonds. The van der Waals surface area contributed by atoms with Crippen molar-refractivity contribution < 1.29 is 13.9 Å². The van der Waals surface area contributed by atoms with Crippen LogP contribution in [0.25, 0.3) is 0 Å². The highest BCUT2D eigenvalue weighted by Crippen LogP contribution is 2.16. The van der Waals surface area contributed by atoms with Crippen molar-refractivity contribution in [2.75, 3.05) is 36.5 Å². The van der Waals surface area contributed by atoms with E-state index in [9.17, 15) is 9.18 Å². The van der Waals surface area contributed by atoms with Gasteiger partial charge in [0.1, 0.15) is 17.3 Å². The Morgan fingerprint density at radius 1 is 1.14 bits per heavy atom. The molecule has 0 aromatic carbocycles. The molecule has 0 spiro atoms. The highest BCUT2D eigenvalue weighted by atomic mass is 19.1. The fourth-order valence-corrected chi connectivity index (χ4v) is 2.16. The fraction of sp³-hybridized carbons (Fsp3) is 0.267. The molecule has 1 aliphatic heterocycles. The molecule has 1 fully saturated rings. The SMILES string of the molecule is O=C(Nc1ccc(N2CCOCC2)cn1)c1ccc(F)cn1. The molecule has 1 aliphatic rings. The molecular formula is C15H15FN4O2. The maximum atomic E-state index is 12.8. The number of aromatic nitrogens is 2. The number of rotatable bonds is 3. The van der Waals surface area contributed by atoms with Gasteiger partial charge < -0.3 is 15.0 Å². The van der Waals surface area contributed by atoms with E-state index in [1.165, 1.54) is 12.1 Å². The summed E-state index contributed by atoms with van der Waals surface area (Å²) >= 11 is 0. The Labute approximate surface area is 126 Å². The van der Waals surface area contributed by atoms with Gasteiger partial charge in [-0.3, -0.25) is 4.79 Å². The highest BCUT2D eigenvalue weighted by molar-refractivity contribution is 6.02. The van der Waals surface area contributed by atoms with Crippen LogP contribution in [0.4, 0.5) is 15.9 Å². The Hall–Kier alpha value is -2.54. The van der Waals surface area contributed by atoms with E-state index in [0.29, 0.717) is 19.0 Å². The third-order valence-corrected chi connectivity index (χ3v) is 3.33. The number of ether oxygens (including phenoxy) is 1. The number of carbonyl (C=O) groups is 1. The van der Waals surface area contributed by atoms with E-state index >= 15 is 0 Å². The summed E-state index contributed by atoms with van der Waals surface area (Å²) < 4.78 is 18.1. The average molecular weight is 302 g/mol. The van der Waals surface area contributed by atoms with Gasteiger partial charge in [-0.05, 0) is 24.3 Å². The van der Waals surface area contributed by atoms with Crippen LogP contribution >= 0.6 is 0 Å². The monoisotopic (exact) mass is 302 g/mol. The minimum Gasteiger partial charge on any atom is -0.378 e. The lowest BCUT2D eigenvalue weighted by molar-refractivity contribution is 0.102. The Bertz CT molecular complexity index is 640. The summed E-state index contributed by atoms with van der Waals surface area (Å²) in [5, 5.41) is 2.63. The van der Waals surface area contributed by atoms with E-state index in [2.05, 4.69) is 20.2 Å². The number of carbonyl (C=O) groups excluding carboxylic acids is 1. The second kappa shape index (κ2) is 6.48. The zero-order chi connectivity index (χ0) is 15.4. The predicted molar refractivity (Wildman–Crippen MR) is 79.4 cm³/mol. The van der Waals surface area contributed by atoms with E-state index < -0.39 is 11.7 Å². The van der Waals surface area contributed by atoms with Crippen molar-refractivity contribution in [2.24, 2.45) is 0 Å². The van der Waals surface area contributed by atoms with Crippen molar-refractivity contribution >= 4 is 17.4 Å². The zero-order valence-electron chi connectivity index (χ0n) is 11.8. The number of anilines is 2. The molecule has 1 saturated heterocycles. The number of halogens is 1. The van der Waals surface area contributed by atoms with Gasteiger partial charge in [-0.25, -0.2) is 14.4 Å². The summed E-state index contributed by atoms with van der Waals surface area (Å²) in [6.07, 6.45) is 2.71. The van der Waals surface area contributed by atoms with Gasteiger partial charge in [0.2, 0.25) is 0 Å². The topological polar surface area (TPSA) is 67.4 Å². The standard InChI is InChI=1S/C15H15FN4O2/c16-11-1-3-13(17-9-11)15(21)19-14-4-2-12(10-18-14)20-5-7-22-8-6-20/h1-4,9-10H,5-8H2,(H,18,19,21). The van der Waals surface area contributed by atoms with Crippen LogP contribution in [-0.4, -0.2) is 42.2 Å². The van der Waals surface area contributed by atoms with Crippen molar-refractivity contribution in [3.8, 4) is 0 Å². The van der Waals surface area contributed by atoms with Gasteiger partial charge >= 0.3 is 0 Å². The van der Waals surface area contributed by atoms with Gasteiger partial charge in [-0.2, -0.15) is 0 Å². The summed E-state index contributed by atoms with van der Waals surface area (Å²) in [7, 11) is 0. The minimum atomic E-state index is -0.482. The van der Waals surface area contributed by atoms with E-state index in [1.54, 1.807) is 12.3 Å². The smallest absolute Gasteiger partial charge is 0.275 e. The van der Waals surface area contributed by atoms with Gasteiger partial charge in [-0.15, -0.1) is 0 Å². The molecule has 3 heterocycles. The number of morpholine rings is 1. The quantitative estimate of drug-likeness (QED) is 0.935. The maximum absolute atomic E-state index is 12.8. The first kappa shape index (κ1) is 14.4.